The Labute approximate surface area is 191 Å². The summed E-state index contributed by atoms with van der Waals surface area (Å²) in [5.74, 6) is 2.28. The summed E-state index contributed by atoms with van der Waals surface area (Å²) < 4.78 is 11.2. The maximum atomic E-state index is 12.4. The monoisotopic (exact) mass is 453 g/mol. The number of hydrogen-bond acceptors (Lipinski definition) is 8. The fourth-order valence-electron chi connectivity index (χ4n) is 3.31. The van der Waals surface area contributed by atoms with Crippen molar-refractivity contribution in [3.05, 3.63) is 65.5 Å². The average Bonchev–Trinajstić information content (AvgIpc) is 3.33. The fraction of sp³-hybridized carbons (Fsp3) is 0.391. The van der Waals surface area contributed by atoms with Crippen LogP contribution < -0.4 is 10.2 Å². The third-order valence-electron chi connectivity index (χ3n) is 5.06. The van der Waals surface area contributed by atoms with Gasteiger partial charge in [-0.3, -0.25) is 9.78 Å². The van der Waals surface area contributed by atoms with Crippen molar-refractivity contribution < 1.29 is 13.9 Å². The second-order valence-corrected chi connectivity index (χ2v) is 8.28. The molecule has 4 heterocycles. The second kappa shape index (κ2) is 11.1. The van der Waals surface area contributed by atoms with Gasteiger partial charge in [-0.15, -0.1) is 0 Å². The Morgan fingerprint density at radius 2 is 2.03 bits per heavy atom. The first-order chi connectivity index (χ1) is 15.7. The molecule has 0 aromatic carbocycles. The number of amides is 1. The molecule has 1 amide bonds. The van der Waals surface area contributed by atoms with E-state index in [1.807, 2.05) is 24.3 Å². The van der Waals surface area contributed by atoms with Gasteiger partial charge in [-0.1, -0.05) is 24.8 Å². The Kier molecular flexibility index (Phi) is 7.73. The summed E-state index contributed by atoms with van der Waals surface area (Å²) in [5, 5.41) is 3.59. The number of nitrogens with zero attached hydrogens (tertiary/aromatic N) is 4. The van der Waals surface area contributed by atoms with Crippen LogP contribution in [0.25, 0.3) is 0 Å². The molecule has 168 valence electrons. The minimum absolute atomic E-state index is 0.226. The van der Waals surface area contributed by atoms with Crippen LogP contribution in [0.15, 0.2) is 52.2 Å². The summed E-state index contributed by atoms with van der Waals surface area (Å²) in [7, 11) is 0. The zero-order valence-corrected chi connectivity index (χ0v) is 18.9. The predicted octanol–water partition coefficient (Wildman–Crippen LogP) is 3.13. The van der Waals surface area contributed by atoms with E-state index in [9.17, 15) is 4.79 Å². The summed E-state index contributed by atoms with van der Waals surface area (Å²) >= 11 is 1.51. The van der Waals surface area contributed by atoms with Gasteiger partial charge < -0.3 is 19.4 Å². The fourth-order valence-corrected chi connectivity index (χ4v) is 4.08. The Morgan fingerprint density at radius 3 is 2.81 bits per heavy atom. The highest BCUT2D eigenvalue weighted by Crippen LogP contribution is 2.24. The van der Waals surface area contributed by atoms with Gasteiger partial charge in [0.15, 0.2) is 10.9 Å². The van der Waals surface area contributed by atoms with Crippen molar-refractivity contribution in [1.29, 1.82) is 0 Å². The Bertz CT molecular complexity index is 1020. The summed E-state index contributed by atoms with van der Waals surface area (Å²) in [5.41, 5.74) is 1.95. The highest BCUT2D eigenvalue weighted by molar-refractivity contribution is 7.98. The van der Waals surface area contributed by atoms with Crippen molar-refractivity contribution in [1.82, 2.24) is 20.3 Å². The molecule has 0 saturated carbocycles. The Morgan fingerprint density at radius 1 is 1.16 bits per heavy atom. The Hall–Kier alpha value is -2.91. The van der Waals surface area contributed by atoms with E-state index in [2.05, 4.69) is 33.2 Å². The number of ether oxygens (including phenoxy) is 1. The highest BCUT2D eigenvalue weighted by atomic mass is 32.2. The number of pyridine rings is 1. The van der Waals surface area contributed by atoms with Gasteiger partial charge in [-0.2, -0.15) is 0 Å². The van der Waals surface area contributed by atoms with Gasteiger partial charge in [-0.25, -0.2) is 9.97 Å². The standard InChI is InChI=1S/C23H27N5O3S/c1-2-17-15-21(28-11-13-30-14-12-28)27-23(26-17)32-16-19-6-7-20(31-19)22(29)25-10-8-18-5-3-4-9-24-18/h3-7,9,15H,2,8,10-14,16H2,1H3,(H,25,29). The zero-order valence-electron chi connectivity index (χ0n) is 18.1. The number of furan rings is 1. The number of thioether (sulfide) groups is 1. The van der Waals surface area contributed by atoms with Gasteiger partial charge in [0, 0.05) is 49.7 Å². The molecule has 1 N–H and O–H groups in total. The normalized spacial score (nSPS) is 13.8. The van der Waals surface area contributed by atoms with Crippen LogP contribution in [-0.2, 0) is 23.3 Å². The summed E-state index contributed by atoms with van der Waals surface area (Å²) in [6, 6.07) is 11.3. The molecule has 4 rings (SSSR count). The van der Waals surface area contributed by atoms with Crippen molar-refractivity contribution in [2.75, 3.05) is 37.7 Å². The van der Waals surface area contributed by atoms with E-state index in [0.717, 1.165) is 36.7 Å². The number of rotatable bonds is 9. The summed E-state index contributed by atoms with van der Waals surface area (Å²) in [6.45, 7) is 5.69. The van der Waals surface area contributed by atoms with E-state index in [1.165, 1.54) is 11.8 Å². The molecule has 32 heavy (non-hydrogen) atoms. The van der Waals surface area contributed by atoms with Gasteiger partial charge >= 0.3 is 0 Å². The van der Waals surface area contributed by atoms with E-state index in [0.29, 0.717) is 48.6 Å². The second-order valence-electron chi connectivity index (χ2n) is 7.33. The van der Waals surface area contributed by atoms with Crippen LogP contribution in [0.4, 0.5) is 5.82 Å². The average molecular weight is 454 g/mol. The molecule has 9 heteroatoms. The SMILES string of the molecule is CCc1cc(N2CCOCC2)nc(SCc2ccc(C(=O)NCCc3ccccn3)o2)n1. The maximum absolute atomic E-state index is 12.4. The van der Waals surface area contributed by atoms with E-state index in [-0.39, 0.29) is 5.91 Å². The lowest BCUT2D eigenvalue weighted by atomic mass is 10.2. The minimum Gasteiger partial charge on any atom is -0.455 e. The number of hydrogen-bond donors (Lipinski definition) is 1. The number of aryl methyl sites for hydroxylation is 1. The Balaban J connectivity index is 1.32. The highest BCUT2D eigenvalue weighted by Gasteiger charge is 2.16. The van der Waals surface area contributed by atoms with Crippen molar-refractivity contribution >= 4 is 23.5 Å². The topological polar surface area (TPSA) is 93.4 Å². The molecule has 1 aliphatic heterocycles. The van der Waals surface area contributed by atoms with Crippen LogP contribution in [0.2, 0.25) is 0 Å². The number of nitrogens with one attached hydrogen (secondary N) is 1. The molecular formula is C23H27N5O3S. The first kappa shape index (κ1) is 22.3. The van der Waals surface area contributed by atoms with Gasteiger partial charge in [-0.05, 0) is 30.7 Å². The first-order valence-electron chi connectivity index (χ1n) is 10.8. The van der Waals surface area contributed by atoms with Crippen molar-refractivity contribution in [3.63, 3.8) is 0 Å². The number of aromatic nitrogens is 3. The lowest BCUT2D eigenvalue weighted by molar-refractivity contribution is 0.0925. The van der Waals surface area contributed by atoms with Gasteiger partial charge in [0.25, 0.3) is 5.91 Å². The minimum atomic E-state index is -0.226. The third kappa shape index (κ3) is 6.08. The molecule has 0 bridgehead atoms. The summed E-state index contributed by atoms with van der Waals surface area (Å²) in [6.07, 6.45) is 3.26. The molecule has 0 aliphatic carbocycles. The largest absolute Gasteiger partial charge is 0.455 e. The van der Waals surface area contributed by atoms with Crippen LogP contribution in [0, 0.1) is 0 Å². The number of carbonyl (C=O) groups is 1. The first-order valence-corrected chi connectivity index (χ1v) is 11.8. The lowest BCUT2D eigenvalue weighted by Crippen LogP contribution is -2.37. The smallest absolute Gasteiger partial charge is 0.287 e. The van der Waals surface area contributed by atoms with Crippen LogP contribution in [0.3, 0.4) is 0 Å². The van der Waals surface area contributed by atoms with E-state index in [1.54, 1.807) is 12.3 Å². The van der Waals surface area contributed by atoms with Gasteiger partial charge in [0.2, 0.25) is 0 Å². The van der Waals surface area contributed by atoms with Crippen LogP contribution in [-0.4, -0.2) is 53.7 Å². The van der Waals surface area contributed by atoms with Crippen LogP contribution in [0.5, 0.6) is 0 Å². The number of morpholine rings is 1. The number of anilines is 1. The molecule has 1 saturated heterocycles. The molecule has 3 aromatic heterocycles. The van der Waals surface area contributed by atoms with E-state index < -0.39 is 0 Å². The molecule has 8 nitrogen and oxygen atoms in total. The van der Waals surface area contributed by atoms with Crippen molar-refractivity contribution in [3.8, 4) is 0 Å². The quantitative estimate of drug-likeness (QED) is 0.390. The molecular weight excluding hydrogens is 426 g/mol. The molecule has 0 unspecified atom stereocenters. The van der Waals surface area contributed by atoms with Crippen molar-refractivity contribution in [2.24, 2.45) is 0 Å². The van der Waals surface area contributed by atoms with Crippen LogP contribution in [0.1, 0.15) is 34.6 Å². The third-order valence-corrected chi connectivity index (χ3v) is 5.93. The van der Waals surface area contributed by atoms with Gasteiger partial charge in [0.1, 0.15) is 11.6 Å². The number of carbonyl (C=O) groups excluding carboxylic acids is 1. The van der Waals surface area contributed by atoms with E-state index in [4.69, 9.17) is 14.1 Å². The maximum Gasteiger partial charge on any atom is 0.287 e. The van der Waals surface area contributed by atoms with Gasteiger partial charge in [0.05, 0.1) is 19.0 Å². The summed E-state index contributed by atoms with van der Waals surface area (Å²) in [4.78, 5) is 28.2. The molecule has 1 fully saturated rings. The zero-order chi connectivity index (χ0) is 22.2. The lowest BCUT2D eigenvalue weighted by Gasteiger charge is -2.28. The molecule has 0 atom stereocenters. The van der Waals surface area contributed by atoms with Crippen molar-refractivity contribution in [2.45, 2.75) is 30.7 Å². The predicted molar refractivity (Wildman–Crippen MR) is 123 cm³/mol. The molecule has 1 aliphatic rings. The van der Waals surface area contributed by atoms with E-state index >= 15 is 0 Å². The molecule has 0 radical (unpaired) electrons. The molecule has 0 spiro atoms. The van der Waals surface area contributed by atoms with Crippen LogP contribution >= 0.6 is 11.8 Å². The molecule has 3 aromatic rings.